The lowest BCUT2D eigenvalue weighted by Gasteiger charge is -2.26. The van der Waals surface area contributed by atoms with Crippen LogP contribution in [0.25, 0.3) is 0 Å². The zero-order valence-electron chi connectivity index (χ0n) is 10.7. The summed E-state index contributed by atoms with van der Waals surface area (Å²) in [5.41, 5.74) is 6.55. The second-order valence-electron chi connectivity index (χ2n) is 4.42. The quantitative estimate of drug-likeness (QED) is 0.831. The monoisotopic (exact) mass is 299 g/mol. The predicted octanol–water partition coefficient (Wildman–Crippen LogP) is 1.70. The zero-order chi connectivity index (χ0) is 13.7. The number of nitrogens with one attached hydrogen (secondary N) is 1. The molecule has 0 radical (unpaired) electrons. The van der Waals surface area contributed by atoms with Gasteiger partial charge in [-0.15, -0.1) is 0 Å². The van der Waals surface area contributed by atoms with Gasteiger partial charge in [0.2, 0.25) is 0 Å². The molecule has 1 fully saturated rings. The van der Waals surface area contributed by atoms with Crippen LogP contribution in [0.2, 0.25) is 5.02 Å². The van der Waals surface area contributed by atoms with Crippen LogP contribution in [0, 0.1) is 0 Å². The second kappa shape index (κ2) is 7.03. The molecule has 104 valence electrons. The molecule has 0 atom stereocenters. The van der Waals surface area contributed by atoms with Gasteiger partial charge < -0.3 is 11.1 Å². The molecule has 0 spiro atoms. The van der Waals surface area contributed by atoms with E-state index in [1.165, 1.54) is 11.5 Å². The van der Waals surface area contributed by atoms with Crippen LogP contribution in [0.15, 0.2) is 18.2 Å². The van der Waals surface area contributed by atoms with Crippen molar-refractivity contribution in [3.05, 3.63) is 28.8 Å². The fourth-order valence-corrected chi connectivity index (χ4v) is 3.16. The van der Waals surface area contributed by atoms with Gasteiger partial charge in [0.25, 0.3) is 5.91 Å². The molecule has 3 N–H and O–H groups in total. The number of nitrogens with two attached hydrogens (primary N) is 1. The van der Waals surface area contributed by atoms with Crippen molar-refractivity contribution in [2.75, 3.05) is 43.4 Å². The molecular weight excluding hydrogens is 282 g/mol. The molecule has 0 aromatic heterocycles. The third-order valence-electron chi connectivity index (χ3n) is 3.09. The van der Waals surface area contributed by atoms with Crippen LogP contribution < -0.4 is 11.1 Å². The highest BCUT2D eigenvalue weighted by molar-refractivity contribution is 7.99. The van der Waals surface area contributed by atoms with Gasteiger partial charge in [0.1, 0.15) is 0 Å². The molecule has 4 nitrogen and oxygen atoms in total. The zero-order valence-corrected chi connectivity index (χ0v) is 12.3. The van der Waals surface area contributed by atoms with Crippen molar-refractivity contribution < 1.29 is 4.79 Å². The van der Waals surface area contributed by atoms with Crippen LogP contribution in [-0.2, 0) is 0 Å². The molecule has 1 amide bonds. The second-order valence-corrected chi connectivity index (χ2v) is 6.02. The SMILES string of the molecule is Nc1cccc(C(=O)NCCN2CCSCC2)c1Cl. The number of halogens is 1. The van der Waals surface area contributed by atoms with Crippen molar-refractivity contribution in [2.45, 2.75) is 0 Å². The minimum atomic E-state index is -0.163. The molecule has 0 bridgehead atoms. The molecule has 0 aliphatic carbocycles. The molecule has 1 aromatic rings. The number of nitrogens with zero attached hydrogens (tertiary/aromatic N) is 1. The van der Waals surface area contributed by atoms with Crippen LogP contribution in [0.5, 0.6) is 0 Å². The Hall–Kier alpha value is -0.910. The van der Waals surface area contributed by atoms with Gasteiger partial charge in [0, 0.05) is 37.7 Å². The standard InChI is InChI=1S/C13H18ClN3OS/c14-12-10(2-1-3-11(12)15)13(18)16-4-5-17-6-8-19-9-7-17/h1-3H,4-9,15H2,(H,16,18). The summed E-state index contributed by atoms with van der Waals surface area (Å²) in [7, 11) is 0. The van der Waals surface area contributed by atoms with E-state index in [1.807, 2.05) is 11.8 Å². The van der Waals surface area contributed by atoms with Gasteiger partial charge in [0.05, 0.1) is 16.3 Å². The van der Waals surface area contributed by atoms with Crippen molar-refractivity contribution >= 4 is 35.0 Å². The first-order chi connectivity index (χ1) is 9.18. The van der Waals surface area contributed by atoms with E-state index in [1.54, 1.807) is 18.2 Å². The Morgan fingerprint density at radius 1 is 1.42 bits per heavy atom. The van der Waals surface area contributed by atoms with Crippen molar-refractivity contribution in [1.29, 1.82) is 0 Å². The van der Waals surface area contributed by atoms with Gasteiger partial charge in [0.15, 0.2) is 0 Å². The fourth-order valence-electron chi connectivity index (χ4n) is 1.97. The van der Waals surface area contributed by atoms with Crippen molar-refractivity contribution in [1.82, 2.24) is 10.2 Å². The van der Waals surface area contributed by atoms with E-state index in [0.717, 1.165) is 19.6 Å². The minimum Gasteiger partial charge on any atom is -0.398 e. The van der Waals surface area contributed by atoms with Crippen LogP contribution in [0.1, 0.15) is 10.4 Å². The Balaban J connectivity index is 1.82. The number of rotatable bonds is 4. The molecule has 0 unspecified atom stereocenters. The Labute approximate surface area is 122 Å². The van der Waals surface area contributed by atoms with E-state index >= 15 is 0 Å². The molecular formula is C13H18ClN3OS. The van der Waals surface area contributed by atoms with E-state index < -0.39 is 0 Å². The van der Waals surface area contributed by atoms with E-state index in [2.05, 4.69) is 10.2 Å². The number of amides is 1. The summed E-state index contributed by atoms with van der Waals surface area (Å²) in [5, 5.41) is 3.22. The number of carbonyl (C=O) groups is 1. The number of benzene rings is 1. The number of hydrogen-bond acceptors (Lipinski definition) is 4. The molecule has 19 heavy (non-hydrogen) atoms. The minimum absolute atomic E-state index is 0.163. The highest BCUT2D eigenvalue weighted by Gasteiger charge is 2.13. The van der Waals surface area contributed by atoms with E-state index in [9.17, 15) is 4.79 Å². The molecule has 1 aliphatic rings. The highest BCUT2D eigenvalue weighted by Crippen LogP contribution is 2.22. The normalized spacial score (nSPS) is 16.3. The van der Waals surface area contributed by atoms with E-state index in [0.29, 0.717) is 22.8 Å². The van der Waals surface area contributed by atoms with Crippen molar-refractivity contribution in [2.24, 2.45) is 0 Å². The number of hydrogen-bond donors (Lipinski definition) is 2. The summed E-state index contributed by atoms with van der Waals surface area (Å²) < 4.78 is 0. The van der Waals surface area contributed by atoms with Gasteiger partial charge >= 0.3 is 0 Å². The summed E-state index contributed by atoms with van der Waals surface area (Å²) in [6, 6.07) is 5.11. The summed E-state index contributed by atoms with van der Waals surface area (Å²) >= 11 is 8.00. The maximum Gasteiger partial charge on any atom is 0.252 e. The topological polar surface area (TPSA) is 58.4 Å². The smallest absolute Gasteiger partial charge is 0.252 e. The number of nitrogen functional groups attached to an aromatic ring is 1. The molecule has 0 saturated carbocycles. The molecule has 1 heterocycles. The third-order valence-corrected chi connectivity index (χ3v) is 4.45. The molecule has 1 saturated heterocycles. The first-order valence-electron chi connectivity index (χ1n) is 6.31. The fraction of sp³-hybridized carbons (Fsp3) is 0.462. The molecule has 1 aliphatic heterocycles. The van der Waals surface area contributed by atoms with Gasteiger partial charge in [-0.05, 0) is 12.1 Å². The van der Waals surface area contributed by atoms with Crippen molar-refractivity contribution in [3.63, 3.8) is 0 Å². The Bertz CT molecular complexity index is 450. The van der Waals surface area contributed by atoms with Gasteiger partial charge in [-0.2, -0.15) is 11.8 Å². The van der Waals surface area contributed by atoms with Crippen molar-refractivity contribution in [3.8, 4) is 0 Å². The first-order valence-corrected chi connectivity index (χ1v) is 7.84. The molecule has 2 rings (SSSR count). The number of thioether (sulfide) groups is 1. The Morgan fingerprint density at radius 2 is 2.16 bits per heavy atom. The van der Waals surface area contributed by atoms with Gasteiger partial charge in [-0.1, -0.05) is 17.7 Å². The van der Waals surface area contributed by atoms with E-state index in [4.69, 9.17) is 17.3 Å². The molecule has 6 heteroatoms. The van der Waals surface area contributed by atoms with Crippen LogP contribution in [0.4, 0.5) is 5.69 Å². The lowest BCUT2D eigenvalue weighted by Crippen LogP contribution is -2.39. The first kappa shape index (κ1) is 14.5. The lowest BCUT2D eigenvalue weighted by molar-refractivity contribution is 0.0949. The maximum atomic E-state index is 12.0. The lowest BCUT2D eigenvalue weighted by atomic mass is 10.2. The summed E-state index contributed by atoms with van der Waals surface area (Å²) in [6.07, 6.45) is 0. The molecule has 1 aromatic carbocycles. The summed E-state index contributed by atoms with van der Waals surface area (Å²) in [5.74, 6) is 2.19. The largest absolute Gasteiger partial charge is 0.398 e. The van der Waals surface area contributed by atoms with Crippen LogP contribution >= 0.6 is 23.4 Å². The average Bonchev–Trinajstić information content (AvgIpc) is 2.43. The summed E-state index contributed by atoms with van der Waals surface area (Å²) in [4.78, 5) is 14.3. The Kier molecular flexibility index (Phi) is 5.36. The Morgan fingerprint density at radius 3 is 2.89 bits per heavy atom. The third kappa shape index (κ3) is 4.03. The van der Waals surface area contributed by atoms with E-state index in [-0.39, 0.29) is 5.91 Å². The van der Waals surface area contributed by atoms with Gasteiger partial charge in [-0.25, -0.2) is 0 Å². The van der Waals surface area contributed by atoms with Crippen LogP contribution in [0.3, 0.4) is 0 Å². The maximum absolute atomic E-state index is 12.0. The highest BCUT2D eigenvalue weighted by atomic mass is 35.5. The predicted molar refractivity (Wildman–Crippen MR) is 82.0 cm³/mol. The summed E-state index contributed by atoms with van der Waals surface area (Å²) in [6.45, 7) is 3.71. The van der Waals surface area contributed by atoms with Gasteiger partial charge in [-0.3, -0.25) is 9.69 Å². The number of anilines is 1. The number of carbonyl (C=O) groups excluding carboxylic acids is 1. The average molecular weight is 300 g/mol. The van der Waals surface area contributed by atoms with Crippen LogP contribution in [-0.4, -0.2) is 48.5 Å².